The molecule has 1 unspecified atom stereocenters. The van der Waals surface area contributed by atoms with Gasteiger partial charge in [0.15, 0.2) is 0 Å². The van der Waals surface area contributed by atoms with E-state index in [9.17, 15) is 4.79 Å². The Morgan fingerprint density at radius 3 is 2.89 bits per heavy atom. The highest BCUT2D eigenvalue weighted by Crippen LogP contribution is 2.26. The molecule has 0 bridgehead atoms. The Morgan fingerprint density at radius 1 is 1.44 bits per heavy atom. The molecule has 1 N–H and O–H groups in total. The monoisotopic (exact) mass is 249 g/mol. The van der Waals surface area contributed by atoms with E-state index in [-0.39, 0.29) is 11.9 Å². The summed E-state index contributed by atoms with van der Waals surface area (Å²) in [6.07, 6.45) is 9.50. The second-order valence-corrected chi connectivity index (χ2v) is 5.46. The molecule has 0 aromatic carbocycles. The molecule has 0 saturated heterocycles. The zero-order valence-electron chi connectivity index (χ0n) is 11.2. The molecule has 1 aromatic rings. The van der Waals surface area contributed by atoms with E-state index in [1.54, 1.807) is 6.26 Å². The van der Waals surface area contributed by atoms with Crippen LogP contribution in [0.4, 0.5) is 0 Å². The molecule has 3 heteroatoms. The van der Waals surface area contributed by atoms with Gasteiger partial charge in [0.25, 0.3) is 0 Å². The second kappa shape index (κ2) is 6.62. The lowest BCUT2D eigenvalue weighted by atomic mass is 9.87. The van der Waals surface area contributed by atoms with Crippen molar-refractivity contribution in [3.05, 3.63) is 24.2 Å². The molecule has 1 aromatic heterocycles. The van der Waals surface area contributed by atoms with Crippen molar-refractivity contribution in [2.45, 2.75) is 57.9 Å². The number of nitrogens with one attached hydrogen (secondary N) is 1. The molecule has 1 aliphatic carbocycles. The van der Waals surface area contributed by atoms with Crippen LogP contribution in [-0.4, -0.2) is 11.9 Å². The van der Waals surface area contributed by atoms with Crippen molar-refractivity contribution in [2.75, 3.05) is 0 Å². The minimum Gasteiger partial charge on any atom is -0.469 e. The highest BCUT2D eigenvalue weighted by atomic mass is 16.3. The van der Waals surface area contributed by atoms with Crippen LogP contribution in [0.15, 0.2) is 22.8 Å². The molecule has 3 nitrogen and oxygen atoms in total. The lowest BCUT2D eigenvalue weighted by Gasteiger charge is -2.22. The summed E-state index contributed by atoms with van der Waals surface area (Å²) < 4.78 is 5.28. The second-order valence-electron chi connectivity index (χ2n) is 5.46. The van der Waals surface area contributed by atoms with Gasteiger partial charge < -0.3 is 9.73 Å². The molecule has 1 aliphatic rings. The topological polar surface area (TPSA) is 42.2 Å². The fourth-order valence-corrected chi connectivity index (χ4v) is 2.77. The minimum atomic E-state index is 0.146. The van der Waals surface area contributed by atoms with Crippen molar-refractivity contribution < 1.29 is 9.21 Å². The molecular formula is C15H23NO2. The summed E-state index contributed by atoms with van der Waals surface area (Å²) in [6, 6.07) is 3.97. The number of furan rings is 1. The van der Waals surface area contributed by atoms with Gasteiger partial charge >= 0.3 is 0 Å². The number of hydrogen-bond acceptors (Lipinski definition) is 2. The van der Waals surface area contributed by atoms with E-state index in [0.717, 1.165) is 12.2 Å². The van der Waals surface area contributed by atoms with Crippen molar-refractivity contribution in [1.82, 2.24) is 5.32 Å². The first-order valence-electron chi connectivity index (χ1n) is 7.06. The Bertz CT molecular complexity index is 353. The smallest absolute Gasteiger partial charge is 0.220 e. The average Bonchev–Trinajstić information content (AvgIpc) is 2.82. The minimum absolute atomic E-state index is 0.146. The van der Waals surface area contributed by atoms with E-state index < -0.39 is 0 Å². The van der Waals surface area contributed by atoms with Crippen LogP contribution in [-0.2, 0) is 11.2 Å². The van der Waals surface area contributed by atoms with Gasteiger partial charge in [0.1, 0.15) is 5.76 Å². The van der Waals surface area contributed by atoms with E-state index in [0.29, 0.717) is 12.3 Å². The maximum absolute atomic E-state index is 11.9. The molecule has 1 fully saturated rings. The third kappa shape index (κ3) is 4.21. The largest absolute Gasteiger partial charge is 0.469 e. The SMILES string of the molecule is CC(Cc1ccco1)NC(=O)CC1CCCCC1. The van der Waals surface area contributed by atoms with Gasteiger partial charge in [0, 0.05) is 18.9 Å². The zero-order chi connectivity index (χ0) is 12.8. The molecular weight excluding hydrogens is 226 g/mol. The van der Waals surface area contributed by atoms with E-state index in [1.807, 2.05) is 19.1 Å². The van der Waals surface area contributed by atoms with Crippen molar-refractivity contribution in [3.8, 4) is 0 Å². The summed E-state index contributed by atoms with van der Waals surface area (Å²) in [4.78, 5) is 11.9. The van der Waals surface area contributed by atoms with Crippen LogP contribution in [0.5, 0.6) is 0 Å². The summed E-state index contributed by atoms with van der Waals surface area (Å²) >= 11 is 0. The molecule has 100 valence electrons. The van der Waals surface area contributed by atoms with Gasteiger partial charge in [-0.3, -0.25) is 4.79 Å². The van der Waals surface area contributed by atoms with Crippen LogP contribution in [0.1, 0.15) is 51.2 Å². The number of amides is 1. The van der Waals surface area contributed by atoms with Crippen LogP contribution in [0, 0.1) is 5.92 Å². The predicted molar refractivity (Wildman–Crippen MR) is 71.2 cm³/mol. The van der Waals surface area contributed by atoms with E-state index >= 15 is 0 Å². The normalized spacial score (nSPS) is 18.5. The fourth-order valence-electron chi connectivity index (χ4n) is 2.77. The molecule has 0 radical (unpaired) electrons. The van der Waals surface area contributed by atoms with Gasteiger partial charge in [-0.1, -0.05) is 19.3 Å². The third-order valence-corrected chi connectivity index (χ3v) is 3.69. The molecule has 18 heavy (non-hydrogen) atoms. The Kier molecular flexibility index (Phi) is 4.85. The van der Waals surface area contributed by atoms with Gasteiger partial charge in [0.05, 0.1) is 6.26 Å². The lowest BCUT2D eigenvalue weighted by Crippen LogP contribution is -2.35. The number of rotatable bonds is 5. The summed E-state index contributed by atoms with van der Waals surface area (Å²) in [6.45, 7) is 2.03. The highest BCUT2D eigenvalue weighted by Gasteiger charge is 2.18. The van der Waals surface area contributed by atoms with Gasteiger partial charge in [-0.05, 0) is 37.8 Å². The van der Waals surface area contributed by atoms with Crippen molar-refractivity contribution in [3.63, 3.8) is 0 Å². The average molecular weight is 249 g/mol. The van der Waals surface area contributed by atoms with Crippen molar-refractivity contribution in [1.29, 1.82) is 0 Å². The van der Waals surface area contributed by atoms with Gasteiger partial charge in [-0.15, -0.1) is 0 Å². The Morgan fingerprint density at radius 2 is 2.22 bits per heavy atom. The first kappa shape index (κ1) is 13.2. The van der Waals surface area contributed by atoms with Gasteiger partial charge in [-0.2, -0.15) is 0 Å². The molecule has 1 atom stereocenters. The zero-order valence-corrected chi connectivity index (χ0v) is 11.2. The van der Waals surface area contributed by atoms with Crippen LogP contribution < -0.4 is 5.32 Å². The molecule has 1 heterocycles. The Balaban J connectivity index is 1.69. The van der Waals surface area contributed by atoms with Crippen LogP contribution in [0.25, 0.3) is 0 Å². The molecule has 1 saturated carbocycles. The first-order chi connectivity index (χ1) is 8.74. The Labute approximate surface area is 109 Å². The van der Waals surface area contributed by atoms with Crippen LogP contribution >= 0.6 is 0 Å². The third-order valence-electron chi connectivity index (χ3n) is 3.69. The maximum atomic E-state index is 11.9. The highest BCUT2D eigenvalue weighted by molar-refractivity contribution is 5.76. The Hall–Kier alpha value is -1.25. The molecule has 0 spiro atoms. The molecule has 0 aliphatic heterocycles. The van der Waals surface area contributed by atoms with E-state index in [1.165, 1.54) is 32.1 Å². The summed E-state index contributed by atoms with van der Waals surface area (Å²) in [5.41, 5.74) is 0. The number of carbonyl (C=O) groups excluding carboxylic acids is 1. The van der Waals surface area contributed by atoms with Crippen LogP contribution in [0.3, 0.4) is 0 Å². The van der Waals surface area contributed by atoms with Gasteiger partial charge in [-0.25, -0.2) is 0 Å². The fraction of sp³-hybridized carbons (Fsp3) is 0.667. The summed E-state index contributed by atoms with van der Waals surface area (Å²) in [7, 11) is 0. The van der Waals surface area contributed by atoms with E-state index in [2.05, 4.69) is 5.32 Å². The quantitative estimate of drug-likeness (QED) is 0.870. The first-order valence-corrected chi connectivity index (χ1v) is 7.06. The lowest BCUT2D eigenvalue weighted by molar-refractivity contribution is -0.122. The maximum Gasteiger partial charge on any atom is 0.220 e. The molecule has 1 amide bonds. The van der Waals surface area contributed by atoms with Crippen LogP contribution in [0.2, 0.25) is 0 Å². The molecule has 2 rings (SSSR count). The van der Waals surface area contributed by atoms with Crippen molar-refractivity contribution in [2.24, 2.45) is 5.92 Å². The number of carbonyl (C=O) groups is 1. The number of hydrogen-bond donors (Lipinski definition) is 1. The van der Waals surface area contributed by atoms with Gasteiger partial charge in [0.2, 0.25) is 5.91 Å². The predicted octanol–water partition coefficient (Wildman–Crippen LogP) is 3.30. The van der Waals surface area contributed by atoms with Crippen molar-refractivity contribution >= 4 is 5.91 Å². The summed E-state index contributed by atoms with van der Waals surface area (Å²) in [5, 5.41) is 3.07. The standard InChI is InChI=1S/C15H23NO2/c1-12(10-14-8-5-9-18-14)16-15(17)11-13-6-3-2-4-7-13/h5,8-9,12-13H,2-4,6-7,10-11H2,1H3,(H,16,17). The summed E-state index contributed by atoms with van der Waals surface area (Å²) in [5.74, 6) is 1.73. The van der Waals surface area contributed by atoms with E-state index in [4.69, 9.17) is 4.42 Å².